The van der Waals surface area contributed by atoms with E-state index in [0.717, 1.165) is 37.2 Å². The summed E-state index contributed by atoms with van der Waals surface area (Å²) in [5.74, 6) is 0. The van der Waals surface area contributed by atoms with Crippen molar-refractivity contribution in [2.45, 2.75) is 0 Å². The minimum atomic E-state index is -0.255. The zero-order chi connectivity index (χ0) is 12.4. The highest BCUT2D eigenvalue weighted by atomic mass is 19.1. The molecule has 1 N–H and O–H groups in total. The van der Waals surface area contributed by atoms with E-state index in [2.05, 4.69) is 25.8 Å². The number of hydrogen-bond acceptors (Lipinski definition) is 3. The van der Waals surface area contributed by atoms with Crippen LogP contribution in [0.5, 0.6) is 0 Å². The molecule has 1 aliphatic heterocycles. The lowest BCUT2D eigenvalue weighted by atomic mass is 10.2. The summed E-state index contributed by atoms with van der Waals surface area (Å²) in [5.41, 5.74) is 3.27. The highest BCUT2D eigenvalue weighted by molar-refractivity contribution is 5.88. The maximum absolute atomic E-state index is 12.3. The lowest BCUT2D eigenvalue weighted by Gasteiger charge is -2.35. The third kappa shape index (κ3) is 2.06. The molecule has 0 radical (unpaired) electrons. The number of H-pyrrole nitrogens is 1. The van der Waals surface area contributed by atoms with Crippen molar-refractivity contribution in [1.29, 1.82) is 0 Å². The Balaban J connectivity index is 1.78. The van der Waals surface area contributed by atoms with Gasteiger partial charge in [0.1, 0.15) is 12.2 Å². The van der Waals surface area contributed by atoms with Gasteiger partial charge < -0.3 is 9.88 Å². The largest absolute Gasteiger partial charge is 0.367 e. The van der Waals surface area contributed by atoms with Crippen LogP contribution in [-0.4, -0.2) is 54.3 Å². The number of rotatable bonds is 3. The summed E-state index contributed by atoms with van der Waals surface area (Å²) < 4.78 is 12.3. The van der Waals surface area contributed by atoms with Crippen molar-refractivity contribution in [3.63, 3.8) is 0 Å². The van der Waals surface area contributed by atoms with Crippen molar-refractivity contribution < 1.29 is 4.39 Å². The molecule has 1 aromatic heterocycles. The molecule has 0 amide bonds. The minimum absolute atomic E-state index is 0.255. The van der Waals surface area contributed by atoms with Crippen molar-refractivity contribution in [2.24, 2.45) is 0 Å². The van der Waals surface area contributed by atoms with Gasteiger partial charge >= 0.3 is 0 Å². The van der Waals surface area contributed by atoms with Crippen LogP contribution < -0.4 is 4.90 Å². The molecule has 0 bridgehead atoms. The van der Waals surface area contributed by atoms with Gasteiger partial charge in [0.25, 0.3) is 0 Å². The summed E-state index contributed by atoms with van der Waals surface area (Å²) in [6.45, 7) is 4.02. The van der Waals surface area contributed by atoms with Crippen LogP contribution in [0, 0.1) is 0 Å². The van der Waals surface area contributed by atoms with Crippen molar-refractivity contribution in [1.82, 2.24) is 14.9 Å². The van der Waals surface area contributed by atoms with E-state index in [9.17, 15) is 4.39 Å². The molecule has 0 atom stereocenters. The summed E-state index contributed by atoms with van der Waals surface area (Å²) in [4.78, 5) is 12.0. The van der Waals surface area contributed by atoms with Crippen LogP contribution in [0.2, 0.25) is 0 Å². The molecular formula is C13H17FN4. The first kappa shape index (κ1) is 11.5. The first-order chi connectivity index (χ1) is 8.88. The number of benzene rings is 1. The molecular weight excluding hydrogens is 231 g/mol. The maximum Gasteiger partial charge on any atom is 0.112 e. The van der Waals surface area contributed by atoms with Gasteiger partial charge in [-0.2, -0.15) is 0 Å². The number of piperazine rings is 1. The van der Waals surface area contributed by atoms with Crippen molar-refractivity contribution in [3.05, 3.63) is 24.5 Å². The lowest BCUT2D eigenvalue weighted by Crippen LogP contribution is -2.47. The van der Waals surface area contributed by atoms with Crippen LogP contribution in [0.3, 0.4) is 0 Å². The van der Waals surface area contributed by atoms with Gasteiger partial charge in [0.05, 0.1) is 17.5 Å². The number of para-hydroxylation sites is 1. The monoisotopic (exact) mass is 248 g/mol. The number of alkyl halides is 1. The van der Waals surface area contributed by atoms with Crippen LogP contribution in [0.1, 0.15) is 0 Å². The Bertz CT molecular complexity index is 516. The van der Waals surface area contributed by atoms with Gasteiger partial charge in [-0.1, -0.05) is 6.07 Å². The first-order valence-electron chi connectivity index (χ1n) is 6.34. The molecule has 5 heteroatoms. The summed E-state index contributed by atoms with van der Waals surface area (Å²) in [5, 5.41) is 0. The van der Waals surface area contributed by atoms with Crippen molar-refractivity contribution >= 4 is 16.7 Å². The molecule has 3 rings (SSSR count). The number of aromatic nitrogens is 2. The molecule has 0 saturated carbocycles. The zero-order valence-corrected chi connectivity index (χ0v) is 10.3. The second-order valence-corrected chi connectivity index (χ2v) is 4.59. The first-order valence-corrected chi connectivity index (χ1v) is 6.34. The van der Waals surface area contributed by atoms with Crippen molar-refractivity contribution in [3.8, 4) is 0 Å². The number of nitrogens with one attached hydrogen (secondary N) is 1. The quantitative estimate of drug-likeness (QED) is 0.897. The van der Waals surface area contributed by atoms with Gasteiger partial charge in [-0.05, 0) is 12.1 Å². The molecule has 18 heavy (non-hydrogen) atoms. The van der Waals surface area contributed by atoms with Crippen LogP contribution in [0.15, 0.2) is 24.5 Å². The smallest absolute Gasteiger partial charge is 0.112 e. The molecule has 2 heterocycles. The molecule has 1 aromatic carbocycles. The molecule has 1 fully saturated rings. The molecule has 1 saturated heterocycles. The van der Waals surface area contributed by atoms with Crippen LogP contribution in [-0.2, 0) is 0 Å². The average molecular weight is 248 g/mol. The molecule has 4 nitrogen and oxygen atoms in total. The summed E-state index contributed by atoms with van der Waals surface area (Å²) in [6, 6.07) is 6.18. The lowest BCUT2D eigenvalue weighted by molar-refractivity contribution is 0.235. The third-order valence-electron chi connectivity index (χ3n) is 3.54. The Labute approximate surface area is 105 Å². The van der Waals surface area contributed by atoms with Crippen molar-refractivity contribution in [2.75, 3.05) is 44.3 Å². The van der Waals surface area contributed by atoms with Gasteiger partial charge in [-0.25, -0.2) is 9.37 Å². The standard InChI is InChI=1S/C13H17FN4/c14-4-5-17-6-8-18(9-7-17)12-3-1-2-11-13(12)16-10-15-11/h1-3,10H,4-9H2,(H,15,16). The van der Waals surface area contributed by atoms with Gasteiger partial charge in [0.15, 0.2) is 0 Å². The minimum Gasteiger partial charge on any atom is -0.367 e. The molecule has 0 aliphatic carbocycles. The van der Waals surface area contributed by atoms with E-state index in [1.165, 1.54) is 5.69 Å². The Hall–Kier alpha value is -1.62. The number of imidazole rings is 1. The normalized spacial score (nSPS) is 17.5. The predicted molar refractivity (Wildman–Crippen MR) is 70.7 cm³/mol. The molecule has 1 aliphatic rings. The van der Waals surface area contributed by atoms with Gasteiger partial charge in [-0.15, -0.1) is 0 Å². The van der Waals surface area contributed by atoms with E-state index in [4.69, 9.17) is 0 Å². The molecule has 0 unspecified atom stereocenters. The van der Waals surface area contributed by atoms with Crippen LogP contribution >= 0.6 is 0 Å². The fourth-order valence-corrected chi connectivity index (χ4v) is 2.54. The SMILES string of the molecule is FCCN1CCN(c2cccc3[nH]cnc23)CC1. The van der Waals surface area contributed by atoms with E-state index in [1.54, 1.807) is 6.33 Å². The molecule has 0 spiro atoms. The Morgan fingerprint density at radius 2 is 2.06 bits per heavy atom. The Morgan fingerprint density at radius 3 is 2.83 bits per heavy atom. The second-order valence-electron chi connectivity index (χ2n) is 4.59. The zero-order valence-electron chi connectivity index (χ0n) is 10.3. The van der Waals surface area contributed by atoms with Gasteiger partial charge in [0, 0.05) is 32.7 Å². The fourth-order valence-electron chi connectivity index (χ4n) is 2.54. The molecule has 2 aromatic rings. The Kier molecular flexibility index (Phi) is 3.15. The summed E-state index contributed by atoms with van der Waals surface area (Å²) in [6.07, 6.45) is 1.73. The third-order valence-corrected chi connectivity index (χ3v) is 3.54. The van der Waals surface area contributed by atoms with Crippen LogP contribution in [0.25, 0.3) is 11.0 Å². The highest BCUT2D eigenvalue weighted by Gasteiger charge is 2.18. The van der Waals surface area contributed by atoms with E-state index < -0.39 is 0 Å². The number of anilines is 1. The van der Waals surface area contributed by atoms with Gasteiger partial charge in [-0.3, -0.25) is 4.90 Å². The topological polar surface area (TPSA) is 35.2 Å². The maximum atomic E-state index is 12.3. The number of hydrogen-bond donors (Lipinski definition) is 1. The van der Waals surface area contributed by atoms with Crippen LogP contribution in [0.4, 0.5) is 10.1 Å². The number of nitrogens with zero attached hydrogens (tertiary/aromatic N) is 3. The average Bonchev–Trinajstić information content (AvgIpc) is 2.88. The predicted octanol–water partition coefficient (Wildman–Crippen LogP) is 1.65. The number of fused-ring (bicyclic) bond motifs is 1. The van der Waals surface area contributed by atoms with E-state index >= 15 is 0 Å². The van der Waals surface area contributed by atoms with E-state index in [1.807, 2.05) is 12.1 Å². The van der Waals surface area contributed by atoms with Gasteiger partial charge in [0.2, 0.25) is 0 Å². The van der Waals surface area contributed by atoms with E-state index in [-0.39, 0.29) is 6.67 Å². The second kappa shape index (κ2) is 4.94. The molecule has 96 valence electrons. The highest BCUT2D eigenvalue weighted by Crippen LogP contribution is 2.24. The summed E-state index contributed by atoms with van der Waals surface area (Å²) in [7, 11) is 0. The summed E-state index contributed by atoms with van der Waals surface area (Å²) >= 11 is 0. The number of halogens is 1. The Morgan fingerprint density at radius 1 is 1.22 bits per heavy atom. The van der Waals surface area contributed by atoms with E-state index in [0.29, 0.717) is 6.54 Å². The number of aromatic amines is 1. The fraction of sp³-hybridized carbons (Fsp3) is 0.462.